The maximum atomic E-state index is 14.6. The van der Waals surface area contributed by atoms with E-state index in [0.29, 0.717) is 23.9 Å². The molecular weight excluding hydrogens is 509 g/mol. The molecule has 7 rings (SSSR count). The third kappa shape index (κ3) is 4.39. The van der Waals surface area contributed by atoms with Crippen LogP contribution in [-0.2, 0) is 6.54 Å². The summed E-state index contributed by atoms with van der Waals surface area (Å²) in [4.78, 5) is 31.1. The number of piperidine rings is 1. The molecule has 0 aliphatic carbocycles. The predicted octanol–water partition coefficient (Wildman–Crippen LogP) is 4.55. The number of aromatic amines is 1. The molecule has 40 heavy (non-hydrogen) atoms. The van der Waals surface area contributed by atoms with Gasteiger partial charge >= 0.3 is 5.69 Å². The third-order valence-electron chi connectivity index (χ3n) is 7.45. The number of pyridine rings is 2. The lowest BCUT2D eigenvalue weighted by atomic mass is 10.0. The maximum absolute atomic E-state index is 14.6. The number of rotatable bonds is 6. The van der Waals surface area contributed by atoms with Crippen LogP contribution in [0.1, 0.15) is 24.4 Å². The van der Waals surface area contributed by atoms with Crippen LogP contribution in [-0.4, -0.2) is 52.1 Å². The van der Waals surface area contributed by atoms with Crippen LogP contribution in [0.4, 0.5) is 15.9 Å². The molecule has 6 heterocycles. The number of hydrogen-bond acceptors (Lipinski definition) is 7. The normalized spacial score (nSPS) is 14.7. The minimum absolute atomic E-state index is 0.0574. The summed E-state index contributed by atoms with van der Waals surface area (Å²) in [6.45, 7) is 2.34. The molecule has 0 radical (unpaired) electrons. The highest BCUT2D eigenvalue weighted by Gasteiger charge is 2.25. The topological polar surface area (TPSA) is 109 Å². The van der Waals surface area contributed by atoms with Gasteiger partial charge in [-0.1, -0.05) is 18.2 Å². The molecule has 0 bridgehead atoms. The van der Waals surface area contributed by atoms with E-state index in [1.807, 2.05) is 59.3 Å². The first-order valence-corrected chi connectivity index (χ1v) is 13.2. The summed E-state index contributed by atoms with van der Waals surface area (Å²) in [5.41, 5.74) is 4.44. The molecule has 1 aliphatic rings. The van der Waals surface area contributed by atoms with Gasteiger partial charge in [0.25, 0.3) is 0 Å². The first kappa shape index (κ1) is 24.2. The summed E-state index contributed by atoms with van der Waals surface area (Å²) in [5.74, 6) is 0.444. The highest BCUT2D eigenvalue weighted by atomic mass is 19.1. The van der Waals surface area contributed by atoms with Crippen molar-refractivity contribution in [3.05, 3.63) is 101 Å². The van der Waals surface area contributed by atoms with Crippen LogP contribution in [0.15, 0.2) is 84.2 Å². The summed E-state index contributed by atoms with van der Waals surface area (Å²) >= 11 is 0. The molecule has 0 unspecified atom stereocenters. The molecule has 5 aromatic heterocycles. The van der Waals surface area contributed by atoms with E-state index in [9.17, 15) is 9.18 Å². The molecule has 11 heteroatoms. The molecule has 6 aromatic rings. The summed E-state index contributed by atoms with van der Waals surface area (Å²) in [7, 11) is 0. The Morgan fingerprint density at radius 3 is 2.70 bits per heavy atom. The molecule has 10 nitrogen and oxygen atoms in total. The zero-order valence-electron chi connectivity index (χ0n) is 21.5. The fourth-order valence-corrected chi connectivity index (χ4v) is 5.52. The van der Waals surface area contributed by atoms with Gasteiger partial charge in [0.1, 0.15) is 11.2 Å². The van der Waals surface area contributed by atoms with Crippen molar-refractivity contribution in [3.8, 4) is 11.5 Å². The average molecular weight is 536 g/mol. The van der Waals surface area contributed by atoms with Gasteiger partial charge in [-0.3, -0.25) is 19.4 Å². The molecular formula is C29H26FN9O. The number of para-hydroxylation sites is 2. The number of aromatic nitrogens is 7. The smallest absolute Gasteiger partial charge is 0.326 e. The standard InChI is InChI=1S/C29H26FN9O/c30-21-17-31-13-8-22(21)33-28-26-19(9-16-38(26)36-27(35-28)24-6-3-4-12-32-24)18-37-14-10-20(11-15-37)39-25-7-2-1-5-23(25)34-29(39)40/h1-9,12-13,16-17,20H,10-11,14-15,18H2,(H,34,40)(H,31,33,35,36). The lowest BCUT2D eigenvalue weighted by Gasteiger charge is -2.32. The first-order chi connectivity index (χ1) is 19.6. The van der Waals surface area contributed by atoms with E-state index < -0.39 is 5.82 Å². The van der Waals surface area contributed by atoms with Crippen LogP contribution in [0.2, 0.25) is 0 Å². The summed E-state index contributed by atoms with van der Waals surface area (Å²) in [6.07, 6.45) is 8.01. The fourth-order valence-electron chi connectivity index (χ4n) is 5.52. The average Bonchev–Trinajstić information content (AvgIpc) is 3.55. The number of nitrogens with zero attached hydrogens (tertiary/aromatic N) is 7. The van der Waals surface area contributed by atoms with Crippen LogP contribution < -0.4 is 11.0 Å². The predicted molar refractivity (Wildman–Crippen MR) is 150 cm³/mol. The number of benzene rings is 1. The first-order valence-electron chi connectivity index (χ1n) is 13.2. The van der Waals surface area contributed by atoms with Gasteiger partial charge in [0.2, 0.25) is 5.82 Å². The monoisotopic (exact) mass is 535 g/mol. The highest BCUT2D eigenvalue weighted by molar-refractivity contribution is 5.78. The van der Waals surface area contributed by atoms with E-state index in [1.54, 1.807) is 16.8 Å². The van der Waals surface area contributed by atoms with Gasteiger partial charge in [0.05, 0.1) is 22.9 Å². The van der Waals surface area contributed by atoms with Crippen molar-refractivity contribution in [2.24, 2.45) is 0 Å². The molecule has 0 atom stereocenters. The van der Waals surface area contributed by atoms with Gasteiger partial charge < -0.3 is 10.3 Å². The maximum Gasteiger partial charge on any atom is 0.326 e. The Hall–Kier alpha value is -4.90. The molecule has 0 amide bonds. The molecule has 1 aliphatic heterocycles. The lowest BCUT2D eigenvalue weighted by molar-refractivity contribution is 0.180. The summed E-state index contributed by atoms with van der Waals surface area (Å²) in [6, 6.07) is 17.1. The molecule has 2 N–H and O–H groups in total. The molecule has 1 fully saturated rings. The Labute approximate surface area is 228 Å². The number of imidazole rings is 1. The Kier molecular flexibility index (Phi) is 6.05. The van der Waals surface area contributed by atoms with Crippen LogP contribution in [0.25, 0.3) is 28.1 Å². The van der Waals surface area contributed by atoms with Gasteiger partial charge in [-0.05, 0) is 54.8 Å². The number of H-pyrrole nitrogens is 1. The van der Waals surface area contributed by atoms with Crippen molar-refractivity contribution in [2.45, 2.75) is 25.4 Å². The van der Waals surface area contributed by atoms with Gasteiger partial charge in [-0.2, -0.15) is 0 Å². The zero-order valence-corrected chi connectivity index (χ0v) is 21.5. The molecule has 200 valence electrons. The van der Waals surface area contributed by atoms with Gasteiger partial charge in [0.15, 0.2) is 11.6 Å². The molecule has 1 saturated heterocycles. The SMILES string of the molecule is O=c1[nH]c2ccccc2n1C1CCN(Cc2ccn3nc(-c4ccccn4)nc(Nc4ccncc4F)c23)CC1. The zero-order chi connectivity index (χ0) is 27.1. The van der Waals surface area contributed by atoms with E-state index in [2.05, 4.69) is 25.2 Å². The van der Waals surface area contributed by atoms with Crippen molar-refractivity contribution in [2.75, 3.05) is 18.4 Å². The molecule has 0 spiro atoms. The Morgan fingerprint density at radius 2 is 1.88 bits per heavy atom. The number of nitrogens with one attached hydrogen (secondary N) is 2. The number of likely N-dealkylation sites (tertiary alicyclic amines) is 1. The van der Waals surface area contributed by atoms with Crippen molar-refractivity contribution >= 4 is 28.1 Å². The Balaban J connectivity index is 1.18. The van der Waals surface area contributed by atoms with Crippen molar-refractivity contribution < 1.29 is 4.39 Å². The quantitative estimate of drug-likeness (QED) is 0.322. The number of halogens is 1. The van der Waals surface area contributed by atoms with E-state index in [-0.39, 0.29) is 17.4 Å². The van der Waals surface area contributed by atoms with E-state index in [4.69, 9.17) is 10.1 Å². The van der Waals surface area contributed by atoms with E-state index in [0.717, 1.165) is 48.0 Å². The minimum atomic E-state index is -0.471. The second-order valence-corrected chi connectivity index (χ2v) is 9.94. The van der Waals surface area contributed by atoms with E-state index in [1.165, 1.54) is 12.4 Å². The van der Waals surface area contributed by atoms with Crippen LogP contribution >= 0.6 is 0 Å². The van der Waals surface area contributed by atoms with Crippen molar-refractivity contribution in [1.82, 2.24) is 39.0 Å². The van der Waals surface area contributed by atoms with Crippen LogP contribution in [0, 0.1) is 5.82 Å². The fraction of sp³-hybridized carbons (Fsp3) is 0.207. The minimum Gasteiger partial charge on any atom is -0.336 e. The highest BCUT2D eigenvalue weighted by Crippen LogP contribution is 2.30. The summed E-state index contributed by atoms with van der Waals surface area (Å²) in [5, 5.41) is 7.87. The largest absolute Gasteiger partial charge is 0.336 e. The number of anilines is 2. The van der Waals surface area contributed by atoms with E-state index >= 15 is 0 Å². The Morgan fingerprint density at radius 1 is 1.02 bits per heavy atom. The van der Waals surface area contributed by atoms with Crippen molar-refractivity contribution in [1.29, 1.82) is 0 Å². The lowest BCUT2D eigenvalue weighted by Crippen LogP contribution is -2.36. The second-order valence-electron chi connectivity index (χ2n) is 9.94. The molecule has 1 aromatic carbocycles. The molecule has 0 saturated carbocycles. The second kappa shape index (κ2) is 10.0. The van der Waals surface area contributed by atoms with Gasteiger partial charge in [-0.25, -0.2) is 18.7 Å². The van der Waals surface area contributed by atoms with Crippen molar-refractivity contribution in [3.63, 3.8) is 0 Å². The van der Waals surface area contributed by atoms with Gasteiger partial charge in [-0.15, -0.1) is 5.10 Å². The Bertz CT molecular complexity index is 1870. The van der Waals surface area contributed by atoms with Crippen LogP contribution in [0.3, 0.4) is 0 Å². The van der Waals surface area contributed by atoms with Crippen LogP contribution in [0.5, 0.6) is 0 Å². The van der Waals surface area contributed by atoms with Gasteiger partial charge in [0, 0.05) is 44.3 Å². The summed E-state index contributed by atoms with van der Waals surface area (Å²) < 4.78 is 18.2. The number of fused-ring (bicyclic) bond motifs is 2. The number of hydrogen-bond donors (Lipinski definition) is 2. The third-order valence-corrected chi connectivity index (χ3v) is 7.45.